The van der Waals surface area contributed by atoms with Crippen LogP contribution < -0.4 is 15.1 Å². The fourth-order valence-electron chi connectivity index (χ4n) is 3.88. The fraction of sp³-hybridized carbons (Fsp3) is 0.571. The number of aryl methyl sites for hydroxylation is 1. The quantitative estimate of drug-likeness (QED) is 0.792. The van der Waals surface area contributed by atoms with Gasteiger partial charge in [-0.05, 0) is 44.4 Å². The largest absolute Gasteiger partial charge is 0.494 e. The standard InChI is InChI=1S/C21H30N2O2/c1-4-5-11-25-17-8-9-20-18(12-17)21(24)19(16(3)22-20)14-23-10-6-7-15(2)13-23/h8-9,12,15H,4-7,10-11,13-14H2,1-3H3,(H,22,24)/p+1. The number of fused-ring (bicyclic) bond motifs is 1. The topological polar surface area (TPSA) is 46.5 Å². The Bertz CT molecular complexity index is 781. The van der Waals surface area contributed by atoms with Crippen molar-refractivity contribution in [3.63, 3.8) is 0 Å². The van der Waals surface area contributed by atoms with Crippen molar-refractivity contribution in [3.05, 3.63) is 39.7 Å². The highest BCUT2D eigenvalue weighted by molar-refractivity contribution is 5.81. The lowest BCUT2D eigenvalue weighted by molar-refractivity contribution is -0.922. The van der Waals surface area contributed by atoms with E-state index in [1.54, 1.807) is 0 Å². The van der Waals surface area contributed by atoms with E-state index in [0.29, 0.717) is 6.61 Å². The second kappa shape index (κ2) is 8.05. The van der Waals surface area contributed by atoms with E-state index in [4.69, 9.17) is 4.74 Å². The minimum Gasteiger partial charge on any atom is -0.494 e. The summed E-state index contributed by atoms with van der Waals surface area (Å²) in [7, 11) is 0. The summed E-state index contributed by atoms with van der Waals surface area (Å²) in [6.07, 6.45) is 4.71. The van der Waals surface area contributed by atoms with Crippen LogP contribution in [0.2, 0.25) is 0 Å². The monoisotopic (exact) mass is 343 g/mol. The molecule has 0 spiro atoms. The summed E-state index contributed by atoms with van der Waals surface area (Å²) in [5.74, 6) is 1.54. The SMILES string of the molecule is CCCCOc1ccc2[nH]c(C)c(C[NH+]3CCCC(C)C3)c(=O)c2c1. The van der Waals surface area contributed by atoms with Crippen LogP contribution in [-0.2, 0) is 6.54 Å². The van der Waals surface area contributed by atoms with E-state index < -0.39 is 0 Å². The number of unbranched alkanes of at least 4 members (excludes halogenated alkanes) is 1. The van der Waals surface area contributed by atoms with E-state index in [9.17, 15) is 4.79 Å². The zero-order chi connectivity index (χ0) is 17.8. The second-order valence-electron chi connectivity index (χ2n) is 7.60. The lowest BCUT2D eigenvalue weighted by Gasteiger charge is -2.28. The fourth-order valence-corrected chi connectivity index (χ4v) is 3.88. The number of piperidine rings is 1. The van der Waals surface area contributed by atoms with Crippen LogP contribution in [0.1, 0.15) is 50.8 Å². The smallest absolute Gasteiger partial charge is 0.198 e. The number of pyridine rings is 1. The van der Waals surface area contributed by atoms with Gasteiger partial charge in [-0.15, -0.1) is 0 Å². The van der Waals surface area contributed by atoms with Crippen molar-refractivity contribution in [2.24, 2.45) is 5.92 Å². The first-order valence-electron chi connectivity index (χ1n) is 9.70. The zero-order valence-corrected chi connectivity index (χ0v) is 15.8. The molecular weight excluding hydrogens is 312 g/mol. The molecule has 0 bridgehead atoms. The Morgan fingerprint density at radius 1 is 1.36 bits per heavy atom. The molecule has 0 aliphatic carbocycles. The van der Waals surface area contributed by atoms with Gasteiger partial charge in [-0.3, -0.25) is 4.79 Å². The third-order valence-corrected chi connectivity index (χ3v) is 5.34. The van der Waals surface area contributed by atoms with Crippen LogP contribution in [-0.4, -0.2) is 24.7 Å². The van der Waals surface area contributed by atoms with Crippen LogP contribution in [0, 0.1) is 12.8 Å². The number of rotatable bonds is 6. The Kier molecular flexibility index (Phi) is 5.79. The molecule has 2 N–H and O–H groups in total. The summed E-state index contributed by atoms with van der Waals surface area (Å²) < 4.78 is 5.79. The highest BCUT2D eigenvalue weighted by Gasteiger charge is 2.22. The van der Waals surface area contributed by atoms with E-state index in [1.165, 1.54) is 24.3 Å². The molecule has 4 nitrogen and oxygen atoms in total. The Hall–Kier alpha value is -1.81. The van der Waals surface area contributed by atoms with Crippen molar-refractivity contribution in [1.82, 2.24) is 4.98 Å². The minimum atomic E-state index is 0.165. The Balaban J connectivity index is 1.88. The van der Waals surface area contributed by atoms with Gasteiger partial charge in [-0.1, -0.05) is 20.3 Å². The number of benzene rings is 1. The summed E-state index contributed by atoms with van der Waals surface area (Å²) in [4.78, 5) is 18.1. The van der Waals surface area contributed by atoms with Gasteiger partial charge in [0.05, 0.1) is 25.3 Å². The van der Waals surface area contributed by atoms with Gasteiger partial charge in [-0.2, -0.15) is 0 Å². The molecule has 0 amide bonds. The summed E-state index contributed by atoms with van der Waals surface area (Å²) in [5, 5.41) is 0.749. The molecule has 25 heavy (non-hydrogen) atoms. The number of H-pyrrole nitrogens is 1. The number of likely N-dealkylation sites (tertiary alicyclic amines) is 1. The van der Waals surface area contributed by atoms with Gasteiger partial charge in [0.25, 0.3) is 0 Å². The van der Waals surface area contributed by atoms with Gasteiger partial charge in [0.1, 0.15) is 12.3 Å². The highest BCUT2D eigenvalue weighted by Crippen LogP contribution is 2.19. The summed E-state index contributed by atoms with van der Waals surface area (Å²) in [6, 6.07) is 5.82. The van der Waals surface area contributed by atoms with Crippen LogP contribution >= 0.6 is 0 Å². The number of aromatic nitrogens is 1. The Morgan fingerprint density at radius 3 is 2.96 bits per heavy atom. The van der Waals surface area contributed by atoms with Crippen LogP contribution in [0.3, 0.4) is 0 Å². The first-order valence-corrected chi connectivity index (χ1v) is 9.70. The molecular formula is C21H31N2O2+. The molecule has 2 heterocycles. The molecule has 1 saturated heterocycles. The van der Waals surface area contributed by atoms with Crippen molar-refractivity contribution < 1.29 is 9.64 Å². The van der Waals surface area contributed by atoms with Gasteiger partial charge >= 0.3 is 0 Å². The third kappa shape index (κ3) is 4.24. The molecule has 2 unspecified atom stereocenters. The maximum absolute atomic E-state index is 13.1. The van der Waals surface area contributed by atoms with Gasteiger partial charge < -0.3 is 14.6 Å². The molecule has 1 aliphatic rings. The maximum Gasteiger partial charge on any atom is 0.198 e. The van der Waals surface area contributed by atoms with Gasteiger partial charge in [-0.25, -0.2) is 0 Å². The molecule has 1 aromatic carbocycles. The van der Waals surface area contributed by atoms with E-state index in [1.807, 2.05) is 25.1 Å². The number of ether oxygens (including phenoxy) is 1. The van der Waals surface area contributed by atoms with Crippen molar-refractivity contribution in [3.8, 4) is 5.75 Å². The molecule has 1 aromatic heterocycles. The van der Waals surface area contributed by atoms with Crippen molar-refractivity contribution in [1.29, 1.82) is 0 Å². The number of quaternary nitrogens is 1. The average molecular weight is 343 g/mol. The van der Waals surface area contributed by atoms with Crippen molar-refractivity contribution >= 4 is 10.9 Å². The molecule has 0 radical (unpaired) electrons. The van der Waals surface area contributed by atoms with Crippen LogP contribution in [0.5, 0.6) is 5.75 Å². The molecule has 3 rings (SSSR count). The summed E-state index contributed by atoms with van der Waals surface area (Å²) >= 11 is 0. The summed E-state index contributed by atoms with van der Waals surface area (Å²) in [5.41, 5.74) is 3.00. The molecule has 136 valence electrons. The Labute approximate surface area is 150 Å². The predicted molar refractivity (Wildman–Crippen MR) is 103 cm³/mol. The van der Waals surface area contributed by atoms with E-state index >= 15 is 0 Å². The lowest BCUT2D eigenvalue weighted by Crippen LogP contribution is -3.12. The first-order chi connectivity index (χ1) is 12.1. The number of aromatic amines is 1. The van der Waals surface area contributed by atoms with Crippen LogP contribution in [0.25, 0.3) is 10.9 Å². The lowest BCUT2D eigenvalue weighted by atomic mass is 9.99. The number of hydrogen-bond donors (Lipinski definition) is 2. The predicted octanol–water partition coefficient (Wildman–Crippen LogP) is 2.83. The van der Waals surface area contributed by atoms with Crippen LogP contribution in [0.15, 0.2) is 23.0 Å². The molecule has 4 heteroatoms. The molecule has 0 saturated carbocycles. The highest BCUT2D eigenvalue weighted by atomic mass is 16.5. The average Bonchev–Trinajstić information content (AvgIpc) is 2.59. The van der Waals surface area contributed by atoms with E-state index in [-0.39, 0.29) is 5.43 Å². The molecule has 2 atom stereocenters. The Morgan fingerprint density at radius 2 is 2.20 bits per heavy atom. The number of hydrogen-bond acceptors (Lipinski definition) is 2. The third-order valence-electron chi connectivity index (χ3n) is 5.34. The maximum atomic E-state index is 13.1. The molecule has 1 aliphatic heterocycles. The first kappa shape index (κ1) is 18.0. The molecule has 2 aromatic rings. The minimum absolute atomic E-state index is 0.165. The summed E-state index contributed by atoms with van der Waals surface area (Å²) in [6.45, 7) is 10.3. The van der Waals surface area contributed by atoms with Gasteiger partial charge in [0.2, 0.25) is 0 Å². The second-order valence-corrected chi connectivity index (χ2v) is 7.60. The van der Waals surface area contributed by atoms with E-state index in [2.05, 4.69) is 18.8 Å². The van der Waals surface area contributed by atoms with E-state index in [0.717, 1.165) is 59.8 Å². The van der Waals surface area contributed by atoms with Crippen molar-refractivity contribution in [2.45, 2.75) is 53.0 Å². The van der Waals surface area contributed by atoms with Gasteiger partial charge in [0.15, 0.2) is 5.43 Å². The van der Waals surface area contributed by atoms with Gasteiger partial charge in [0, 0.05) is 22.5 Å². The number of nitrogens with one attached hydrogen (secondary N) is 2. The molecule has 1 fully saturated rings. The van der Waals surface area contributed by atoms with Crippen molar-refractivity contribution in [2.75, 3.05) is 19.7 Å². The van der Waals surface area contributed by atoms with Crippen LogP contribution in [0.4, 0.5) is 0 Å². The zero-order valence-electron chi connectivity index (χ0n) is 15.8. The normalized spacial score (nSPS) is 20.8.